The Morgan fingerprint density at radius 1 is 1.02 bits per heavy atom. The quantitative estimate of drug-likeness (QED) is 0.353. The molecular formula is C34H40N6O2. The number of benzene rings is 2. The summed E-state index contributed by atoms with van der Waals surface area (Å²) < 4.78 is 6.60. The first-order valence-electron chi connectivity index (χ1n) is 15.6. The number of aromatic nitrogens is 2. The van der Waals surface area contributed by atoms with E-state index in [1.54, 1.807) is 0 Å². The second-order valence-corrected chi connectivity index (χ2v) is 13.1. The van der Waals surface area contributed by atoms with Crippen molar-refractivity contribution in [3.8, 4) is 22.8 Å². The number of fused-ring (bicyclic) bond motifs is 4. The Morgan fingerprint density at radius 2 is 1.81 bits per heavy atom. The fourth-order valence-electron chi connectivity index (χ4n) is 7.54. The maximum absolute atomic E-state index is 10.6. The molecule has 8 nitrogen and oxygen atoms in total. The van der Waals surface area contributed by atoms with Crippen LogP contribution in [0.1, 0.15) is 31.2 Å². The van der Waals surface area contributed by atoms with Crippen molar-refractivity contribution in [3.63, 3.8) is 0 Å². The van der Waals surface area contributed by atoms with Gasteiger partial charge < -0.3 is 25.0 Å². The standard InChI is InChI=1S/C34H40N6O2/c1-22-4-3-5-23-14-27(41)16-28(32(22)23)24-15-29-33(35-18-24)30(39-19-25-6-7-26(20-39)36-25)17-31(37-29)42-21-34(8-9-34)40-12-10-38(2)11-13-40/h3-5,14-18,25-26,36,41H,6-13,19-21H2,1-2H3. The number of nitrogens with zero attached hydrogens (tertiary/aromatic N) is 5. The molecule has 1 aliphatic carbocycles. The minimum absolute atomic E-state index is 0.143. The Kier molecular flexibility index (Phi) is 6.28. The van der Waals surface area contributed by atoms with E-state index in [-0.39, 0.29) is 11.3 Å². The summed E-state index contributed by atoms with van der Waals surface area (Å²) in [5.41, 5.74) is 6.09. The molecule has 2 atom stereocenters. The van der Waals surface area contributed by atoms with Crippen LogP contribution in [0.4, 0.5) is 5.69 Å². The van der Waals surface area contributed by atoms with Crippen molar-refractivity contribution < 1.29 is 9.84 Å². The predicted octanol–water partition coefficient (Wildman–Crippen LogP) is 4.56. The lowest BCUT2D eigenvalue weighted by Gasteiger charge is -2.38. The number of phenolic OH excluding ortho intramolecular Hbond substituents is 1. The summed E-state index contributed by atoms with van der Waals surface area (Å²) in [6.07, 6.45) is 6.77. The molecule has 0 amide bonds. The molecule has 8 heteroatoms. The first-order chi connectivity index (χ1) is 20.4. The average Bonchev–Trinajstić information content (AvgIpc) is 3.71. The lowest BCUT2D eigenvalue weighted by atomic mass is 9.95. The van der Waals surface area contributed by atoms with Crippen LogP contribution >= 0.6 is 0 Å². The predicted molar refractivity (Wildman–Crippen MR) is 168 cm³/mol. The zero-order valence-corrected chi connectivity index (χ0v) is 24.6. The van der Waals surface area contributed by atoms with Crippen molar-refractivity contribution in [2.45, 2.75) is 50.2 Å². The molecule has 4 aromatic rings. The molecule has 1 saturated carbocycles. The molecule has 3 saturated heterocycles. The lowest BCUT2D eigenvalue weighted by molar-refractivity contribution is 0.0666. The average molecular weight is 565 g/mol. The summed E-state index contributed by atoms with van der Waals surface area (Å²) in [6.45, 7) is 9.17. The van der Waals surface area contributed by atoms with Crippen molar-refractivity contribution in [3.05, 3.63) is 54.2 Å². The van der Waals surface area contributed by atoms with Gasteiger partial charge in [0.2, 0.25) is 5.88 Å². The normalized spacial score (nSPS) is 24.0. The lowest BCUT2D eigenvalue weighted by Crippen LogP contribution is -2.52. The highest BCUT2D eigenvalue weighted by Gasteiger charge is 2.49. The summed E-state index contributed by atoms with van der Waals surface area (Å²) >= 11 is 0. The maximum atomic E-state index is 10.6. The molecule has 2 aromatic heterocycles. The van der Waals surface area contributed by atoms with E-state index < -0.39 is 0 Å². The SMILES string of the molecule is Cc1cccc2cc(O)cc(-c3cnc4c(N5CC6CCC(C5)N6)cc(OCC5(N6CCN(C)CC6)CC5)nc4c3)c12. The van der Waals surface area contributed by atoms with E-state index in [1.165, 1.54) is 31.2 Å². The zero-order valence-electron chi connectivity index (χ0n) is 24.6. The number of rotatable bonds is 6. The number of hydrogen-bond donors (Lipinski definition) is 2. The van der Waals surface area contributed by atoms with E-state index in [0.717, 1.165) is 77.9 Å². The van der Waals surface area contributed by atoms with Crippen LogP contribution in [0.5, 0.6) is 11.6 Å². The van der Waals surface area contributed by atoms with E-state index in [9.17, 15) is 5.11 Å². The summed E-state index contributed by atoms with van der Waals surface area (Å²) in [7, 11) is 2.21. The molecule has 2 bridgehead atoms. The van der Waals surface area contributed by atoms with Crippen LogP contribution in [-0.4, -0.2) is 95.4 Å². The van der Waals surface area contributed by atoms with Gasteiger partial charge in [0.15, 0.2) is 0 Å². The van der Waals surface area contributed by atoms with Crippen LogP contribution in [-0.2, 0) is 0 Å². The van der Waals surface area contributed by atoms with Crippen molar-refractivity contribution in [2.24, 2.45) is 0 Å². The van der Waals surface area contributed by atoms with E-state index in [0.29, 0.717) is 24.6 Å². The topological polar surface area (TPSA) is 77.0 Å². The molecule has 0 spiro atoms. The third-order valence-electron chi connectivity index (χ3n) is 10.1. The number of likely N-dealkylation sites (N-methyl/N-ethyl adjacent to an activating group) is 1. The third-order valence-corrected chi connectivity index (χ3v) is 10.1. The van der Waals surface area contributed by atoms with Gasteiger partial charge in [0.1, 0.15) is 17.9 Å². The van der Waals surface area contributed by atoms with Crippen LogP contribution in [0, 0.1) is 6.92 Å². The monoisotopic (exact) mass is 564 g/mol. The van der Waals surface area contributed by atoms with Gasteiger partial charge in [-0.05, 0) is 79.8 Å². The molecule has 0 radical (unpaired) electrons. The second-order valence-electron chi connectivity index (χ2n) is 13.1. The molecule has 4 fully saturated rings. The van der Waals surface area contributed by atoms with Gasteiger partial charge in [-0.2, -0.15) is 0 Å². The van der Waals surface area contributed by atoms with Crippen LogP contribution in [0.25, 0.3) is 32.9 Å². The third kappa shape index (κ3) is 4.66. The van der Waals surface area contributed by atoms with Crippen LogP contribution < -0.4 is 15.0 Å². The molecule has 8 rings (SSSR count). The summed E-state index contributed by atoms with van der Waals surface area (Å²) in [6, 6.07) is 15.2. The molecule has 42 heavy (non-hydrogen) atoms. The van der Waals surface area contributed by atoms with Crippen LogP contribution in [0.3, 0.4) is 0 Å². The molecule has 4 aliphatic rings. The Morgan fingerprint density at radius 3 is 2.57 bits per heavy atom. The Balaban J connectivity index is 1.18. The fourth-order valence-corrected chi connectivity index (χ4v) is 7.54. The number of anilines is 1. The van der Waals surface area contributed by atoms with E-state index >= 15 is 0 Å². The molecule has 5 heterocycles. The van der Waals surface area contributed by atoms with Gasteiger partial charge >= 0.3 is 0 Å². The minimum Gasteiger partial charge on any atom is -0.508 e. The summed E-state index contributed by atoms with van der Waals surface area (Å²) in [5, 5.41) is 16.5. The molecular weight excluding hydrogens is 524 g/mol. The van der Waals surface area contributed by atoms with E-state index in [2.05, 4.69) is 58.3 Å². The summed E-state index contributed by atoms with van der Waals surface area (Å²) in [5.74, 6) is 0.934. The van der Waals surface area contributed by atoms with Crippen LogP contribution in [0.2, 0.25) is 0 Å². The number of nitrogens with one attached hydrogen (secondary N) is 1. The number of piperazine rings is 2. The van der Waals surface area contributed by atoms with E-state index in [4.69, 9.17) is 14.7 Å². The Hall–Kier alpha value is -3.46. The number of aromatic hydroxyl groups is 1. The van der Waals surface area contributed by atoms with E-state index in [1.807, 2.05) is 24.4 Å². The highest BCUT2D eigenvalue weighted by molar-refractivity contribution is 6.01. The first kappa shape index (κ1) is 26.2. The van der Waals surface area contributed by atoms with Gasteiger partial charge in [-0.1, -0.05) is 18.2 Å². The van der Waals surface area contributed by atoms with Gasteiger partial charge in [0.25, 0.3) is 0 Å². The number of hydrogen-bond acceptors (Lipinski definition) is 8. The van der Waals surface area contributed by atoms with Gasteiger partial charge in [0, 0.05) is 69.2 Å². The van der Waals surface area contributed by atoms with Crippen molar-refractivity contribution in [1.82, 2.24) is 25.1 Å². The molecule has 2 unspecified atom stereocenters. The molecule has 2 N–H and O–H groups in total. The number of aryl methyl sites for hydroxylation is 1. The van der Waals surface area contributed by atoms with Crippen molar-refractivity contribution in [2.75, 3.05) is 57.8 Å². The highest BCUT2D eigenvalue weighted by atomic mass is 16.5. The van der Waals surface area contributed by atoms with Gasteiger partial charge in [-0.3, -0.25) is 9.88 Å². The largest absolute Gasteiger partial charge is 0.508 e. The maximum Gasteiger partial charge on any atom is 0.216 e. The molecule has 218 valence electrons. The Labute approximate surface area is 247 Å². The van der Waals surface area contributed by atoms with Crippen molar-refractivity contribution in [1.29, 1.82) is 0 Å². The smallest absolute Gasteiger partial charge is 0.216 e. The minimum atomic E-state index is 0.143. The van der Waals surface area contributed by atoms with Crippen molar-refractivity contribution >= 4 is 27.5 Å². The van der Waals surface area contributed by atoms with Gasteiger partial charge in [0.05, 0.1) is 16.7 Å². The molecule has 2 aromatic carbocycles. The molecule has 3 aliphatic heterocycles. The second kappa shape index (κ2) is 10.1. The first-order valence-corrected chi connectivity index (χ1v) is 15.6. The van der Waals surface area contributed by atoms with Gasteiger partial charge in [-0.15, -0.1) is 0 Å². The van der Waals surface area contributed by atoms with Crippen LogP contribution in [0.15, 0.2) is 48.7 Å². The number of phenols is 1. The zero-order chi connectivity index (χ0) is 28.4. The Bertz CT molecular complexity index is 1650. The highest BCUT2D eigenvalue weighted by Crippen LogP contribution is 2.43. The summed E-state index contributed by atoms with van der Waals surface area (Å²) in [4.78, 5) is 17.6. The van der Waals surface area contributed by atoms with Gasteiger partial charge in [-0.25, -0.2) is 4.98 Å². The number of pyridine rings is 2. The fraction of sp³-hybridized carbons (Fsp3) is 0.471. The number of ether oxygens (including phenoxy) is 1.